The van der Waals surface area contributed by atoms with E-state index in [0.717, 1.165) is 30.3 Å². The summed E-state index contributed by atoms with van der Waals surface area (Å²) in [5.41, 5.74) is 3.29. The van der Waals surface area contributed by atoms with Gasteiger partial charge in [-0.15, -0.1) is 0 Å². The van der Waals surface area contributed by atoms with Gasteiger partial charge >= 0.3 is 0 Å². The zero-order chi connectivity index (χ0) is 31.9. The zero-order valence-electron chi connectivity index (χ0n) is 25.6. The van der Waals surface area contributed by atoms with E-state index in [1.165, 1.54) is 0 Å². The number of rotatable bonds is 3. The lowest BCUT2D eigenvalue weighted by Crippen LogP contribution is -2.47. The number of sulfonamides is 1. The second kappa shape index (κ2) is 13.0. The third kappa shape index (κ3) is 6.38. The van der Waals surface area contributed by atoms with Crippen molar-refractivity contribution in [2.75, 3.05) is 24.7 Å². The molecule has 2 aliphatic carbocycles. The van der Waals surface area contributed by atoms with E-state index >= 15 is 4.39 Å². The standard InChI is InChI=1S/C34H40ClFN2O6S/c1-20-21(2)45(41,42)37-34(40)22-8-11-31-30(17-22)38(18-23-7-10-29(35)32(36)27(23)5-3-4-13-43-31)19-24-6-9-28(24)33(44-14-12-39)26-15-25(20)16-26/h7-8,10-12,15,17,20-21,24-25,28,33H,3-6,9,13-14,16,18-19H2,1-2H3,(H,37,40)/t20-,21-,24+,25+,28-,33+/m1/s1. The van der Waals surface area contributed by atoms with E-state index in [9.17, 15) is 18.0 Å². The molecule has 0 aromatic heterocycles. The molecule has 242 valence electrons. The van der Waals surface area contributed by atoms with E-state index in [1.54, 1.807) is 31.2 Å². The van der Waals surface area contributed by atoms with Crippen LogP contribution in [0.25, 0.3) is 0 Å². The van der Waals surface area contributed by atoms with Crippen molar-refractivity contribution in [3.05, 3.63) is 69.5 Å². The summed E-state index contributed by atoms with van der Waals surface area (Å²) in [6, 6.07) is 8.42. The van der Waals surface area contributed by atoms with Crippen molar-refractivity contribution >= 4 is 39.5 Å². The summed E-state index contributed by atoms with van der Waals surface area (Å²) in [7, 11) is -4.00. The van der Waals surface area contributed by atoms with Crippen LogP contribution < -0.4 is 14.4 Å². The molecule has 3 aliphatic heterocycles. The summed E-state index contributed by atoms with van der Waals surface area (Å²) in [6.07, 6.45) is 7.09. The topological polar surface area (TPSA) is 102 Å². The predicted molar refractivity (Wildman–Crippen MR) is 171 cm³/mol. The molecule has 0 radical (unpaired) electrons. The van der Waals surface area contributed by atoms with Gasteiger partial charge in [0, 0.05) is 18.7 Å². The van der Waals surface area contributed by atoms with Gasteiger partial charge in [-0.05, 0) is 110 Å². The molecule has 1 N–H and O–H groups in total. The van der Waals surface area contributed by atoms with Gasteiger partial charge in [0.1, 0.15) is 24.5 Å². The number of aldehydes is 1. The fourth-order valence-electron chi connectivity index (χ4n) is 7.24. The molecule has 1 saturated carbocycles. The molecule has 2 aromatic rings. The third-order valence-corrected chi connectivity index (χ3v) is 12.5. The average Bonchev–Trinajstić information content (AvgIpc) is 3.00. The molecule has 1 fully saturated rings. The normalized spacial score (nSPS) is 29.6. The lowest BCUT2D eigenvalue weighted by Gasteiger charge is -2.47. The first kappa shape index (κ1) is 32.0. The van der Waals surface area contributed by atoms with E-state index in [0.29, 0.717) is 62.4 Å². The number of nitrogens with zero attached hydrogens (tertiary/aromatic N) is 1. The maximum atomic E-state index is 15.4. The Bertz CT molecular complexity index is 1610. The minimum atomic E-state index is -4.00. The molecule has 0 saturated heterocycles. The van der Waals surface area contributed by atoms with Crippen molar-refractivity contribution in [3.8, 4) is 5.75 Å². The quantitative estimate of drug-likeness (QED) is 0.326. The number of halogens is 2. The number of allylic oxidation sites excluding steroid dienone is 1. The highest BCUT2D eigenvalue weighted by molar-refractivity contribution is 7.90. The minimum absolute atomic E-state index is 0.0145. The number of carbonyl (C=O) groups is 2. The monoisotopic (exact) mass is 658 g/mol. The van der Waals surface area contributed by atoms with Crippen LogP contribution in [0.2, 0.25) is 5.02 Å². The molecule has 8 nitrogen and oxygen atoms in total. The minimum Gasteiger partial charge on any atom is -0.491 e. The highest BCUT2D eigenvalue weighted by Gasteiger charge is 2.44. The van der Waals surface area contributed by atoms with Crippen molar-refractivity contribution in [1.82, 2.24) is 4.72 Å². The van der Waals surface area contributed by atoms with Gasteiger partial charge < -0.3 is 19.2 Å². The highest BCUT2D eigenvalue weighted by Crippen LogP contribution is 2.47. The van der Waals surface area contributed by atoms with Crippen LogP contribution in [0.4, 0.5) is 10.1 Å². The van der Waals surface area contributed by atoms with Gasteiger partial charge in [0.25, 0.3) is 5.91 Å². The van der Waals surface area contributed by atoms with Crippen molar-refractivity contribution in [3.63, 3.8) is 0 Å². The molecule has 6 atom stereocenters. The Hall–Kier alpha value is -2.95. The molecule has 1 amide bonds. The molecule has 5 aliphatic rings. The third-order valence-electron chi connectivity index (χ3n) is 10.4. The smallest absolute Gasteiger partial charge is 0.264 e. The summed E-state index contributed by atoms with van der Waals surface area (Å²) in [5.74, 6) is -0.418. The Morgan fingerprint density at radius 2 is 1.98 bits per heavy atom. The van der Waals surface area contributed by atoms with E-state index < -0.39 is 27.0 Å². The zero-order valence-corrected chi connectivity index (χ0v) is 27.2. The van der Waals surface area contributed by atoms with Crippen molar-refractivity contribution in [1.29, 1.82) is 0 Å². The first-order valence-corrected chi connectivity index (χ1v) is 17.8. The van der Waals surface area contributed by atoms with E-state index in [-0.39, 0.29) is 47.0 Å². The number of anilines is 1. The summed E-state index contributed by atoms with van der Waals surface area (Å²) < 4.78 is 56.9. The van der Waals surface area contributed by atoms with Crippen LogP contribution in [-0.4, -0.2) is 51.7 Å². The molecule has 7 rings (SSSR count). The van der Waals surface area contributed by atoms with E-state index in [4.69, 9.17) is 21.1 Å². The first-order valence-electron chi connectivity index (χ1n) is 15.9. The molecule has 45 heavy (non-hydrogen) atoms. The van der Waals surface area contributed by atoms with Crippen LogP contribution in [0.15, 0.2) is 42.0 Å². The molecule has 3 heterocycles. The molecule has 11 heteroatoms. The van der Waals surface area contributed by atoms with Crippen molar-refractivity contribution in [2.24, 2.45) is 23.7 Å². The Labute approximate surface area is 269 Å². The van der Waals surface area contributed by atoms with Crippen LogP contribution in [0, 0.1) is 29.5 Å². The number of amides is 1. The Morgan fingerprint density at radius 3 is 2.71 bits per heavy atom. The number of fused-ring (bicyclic) bond motifs is 5. The van der Waals surface area contributed by atoms with Crippen LogP contribution in [-0.2, 0) is 32.5 Å². The second-order valence-corrected chi connectivity index (χ2v) is 15.4. The SMILES string of the molecule is C[C@@H]1[C@@H](C)S(=O)(=O)NC(=O)c2ccc3c(c2)N(Cc2ccc(Cl)c(F)c2CCCCO3)C[C@@H]2CC[C@H]2[C@@H](OCC=O)C2=C[C@H]1C2. The van der Waals surface area contributed by atoms with Gasteiger partial charge in [-0.3, -0.25) is 4.79 Å². The van der Waals surface area contributed by atoms with Crippen molar-refractivity contribution in [2.45, 2.75) is 70.3 Å². The predicted octanol–water partition coefficient (Wildman–Crippen LogP) is 5.86. The van der Waals surface area contributed by atoms with E-state index in [1.807, 2.05) is 13.0 Å². The van der Waals surface area contributed by atoms with Gasteiger partial charge in [-0.25, -0.2) is 17.5 Å². The van der Waals surface area contributed by atoms with E-state index in [2.05, 4.69) is 15.7 Å². The Morgan fingerprint density at radius 1 is 1.18 bits per heavy atom. The Balaban J connectivity index is 1.46. The molecule has 0 spiro atoms. The van der Waals surface area contributed by atoms with Crippen LogP contribution in [0.3, 0.4) is 0 Å². The first-order chi connectivity index (χ1) is 21.6. The maximum Gasteiger partial charge on any atom is 0.264 e. The highest BCUT2D eigenvalue weighted by atomic mass is 35.5. The summed E-state index contributed by atoms with van der Waals surface area (Å²) >= 11 is 6.21. The number of hydrogen-bond donors (Lipinski definition) is 1. The van der Waals surface area contributed by atoms with Gasteiger partial charge in [0.05, 0.1) is 28.7 Å². The average molecular weight is 659 g/mol. The van der Waals surface area contributed by atoms with Gasteiger partial charge in [0.15, 0.2) is 0 Å². The summed E-state index contributed by atoms with van der Waals surface area (Å²) in [4.78, 5) is 26.9. The fourth-order valence-corrected chi connectivity index (χ4v) is 8.75. The van der Waals surface area contributed by atoms with Crippen molar-refractivity contribution < 1.29 is 31.9 Å². The maximum absolute atomic E-state index is 15.4. The van der Waals surface area contributed by atoms with Gasteiger partial charge in [-0.2, -0.15) is 0 Å². The number of benzene rings is 2. The van der Waals surface area contributed by atoms with Gasteiger partial charge in [-0.1, -0.05) is 30.7 Å². The molecule has 4 bridgehead atoms. The van der Waals surface area contributed by atoms with Crippen LogP contribution >= 0.6 is 11.6 Å². The number of carbonyl (C=O) groups excluding carboxylic acids is 2. The van der Waals surface area contributed by atoms with Crippen LogP contribution in [0.1, 0.15) is 67.4 Å². The van der Waals surface area contributed by atoms with Crippen LogP contribution in [0.5, 0.6) is 5.75 Å². The fraction of sp³-hybridized carbons (Fsp3) is 0.529. The molecule has 0 unspecified atom stereocenters. The molecular formula is C34H40ClFN2O6S. The largest absolute Gasteiger partial charge is 0.491 e. The van der Waals surface area contributed by atoms with Gasteiger partial charge in [0.2, 0.25) is 10.0 Å². The summed E-state index contributed by atoms with van der Waals surface area (Å²) in [5, 5.41) is -0.736. The lowest BCUT2D eigenvalue weighted by atomic mass is 9.64. The number of nitrogens with one attached hydrogen (secondary N) is 1. The summed E-state index contributed by atoms with van der Waals surface area (Å²) in [6.45, 7) is 4.82. The molecule has 2 aromatic carbocycles. The number of ether oxygens (including phenoxy) is 2. The second-order valence-electron chi connectivity index (χ2n) is 12.9. The number of hydrogen-bond acceptors (Lipinski definition) is 7. The molecular weight excluding hydrogens is 619 g/mol. The Kier molecular flexibility index (Phi) is 9.28. The lowest BCUT2D eigenvalue weighted by molar-refractivity contribution is -0.116.